The molecule has 0 radical (unpaired) electrons. The summed E-state index contributed by atoms with van der Waals surface area (Å²) in [6, 6.07) is 10.7. The van der Waals surface area contributed by atoms with E-state index in [9.17, 15) is 20.0 Å². The Hall–Kier alpha value is -2.09. The van der Waals surface area contributed by atoms with Crippen LogP contribution in [-0.4, -0.2) is 28.7 Å². The van der Waals surface area contributed by atoms with Gasteiger partial charge >= 0.3 is 0 Å². The molecule has 0 saturated heterocycles. The Morgan fingerprint density at radius 2 is 2.00 bits per heavy atom. The number of nitro groups is 1. The molecule has 0 aliphatic rings. The zero-order chi connectivity index (χ0) is 17.7. The van der Waals surface area contributed by atoms with Gasteiger partial charge in [0.15, 0.2) is 0 Å². The molecular weight excluding hydrogens is 352 g/mol. The Morgan fingerprint density at radius 3 is 2.58 bits per heavy atom. The Morgan fingerprint density at radius 1 is 1.33 bits per heavy atom. The molecule has 0 spiro atoms. The first-order chi connectivity index (χ1) is 11.4. The van der Waals surface area contributed by atoms with Crippen molar-refractivity contribution in [1.82, 2.24) is 5.32 Å². The number of aliphatic hydroxyl groups excluding tert-OH is 1. The molecule has 2 aromatic rings. The fraction of sp³-hybridized carbons (Fsp3) is 0.188. The van der Waals surface area contributed by atoms with E-state index in [0.29, 0.717) is 16.1 Å². The summed E-state index contributed by atoms with van der Waals surface area (Å²) in [5, 5.41) is 23.6. The molecule has 0 aliphatic carbocycles. The highest BCUT2D eigenvalue weighted by Gasteiger charge is 2.15. The fourth-order valence-corrected chi connectivity index (χ4v) is 2.67. The Labute approximate surface area is 148 Å². The third-order valence-corrected chi connectivity index (χ3v) is 4.42. The molecule has 0 aliphatic heterocycles. The number of nitro benzene ring substituents is 1. The van der Waals surface area contributed by atoms with Crippen molar-refractivity contribution in [3.05, 3.63) is 68.7 Å². The van der Waals surface area contributed by atoms with E-state index in [4.69, 9.17) is 11.6 Å². The molecule has 24 heavy (non-hydrogen) atoms. The number of hydrogen-bond acceptors (Lipinski definition) is 5. The van der Waals surface area contributed by atoms with Gasteiger partial charge < -0.3 is 10.4 Å². The highest BCUT2D eigenvalue weighted by Crippen LogP contribution is 2.23. The lowest BCUT2D eigenvalue weighted by Gasteiger charge is -2.13. The predicted octanol–water partition coefficient (Wildman–Crippen LogP) is 3.43. The van der Waals surface area contributed by atoms with Crippen LogP contribution in [0.3, 0.4) is 0 Å². The summed E-state index contributed by atoms with van der Waals surface area (Å²) in [7, 11) is 0. The van der Waals surface area contributed by atoms with Gasteiger partial charge in [0.05, 0.1) is 21.6 Å². The number of thioether (sulfide) groups is 1. The number of hydrogen-bond donors (Lipinski definition) is 2. The smallest absolute Gasteiger partial charge is 0.269 e. The predicted molar refractivity (Wildman–Crippen MR) is 93.6 cm³/mol. The lowest BCUT2D eigenvalue weighted by molar-refractivity contribution is -0.384. The average molecular weight is 367 g/mol. The molecule has 0 unspecified atom stereocenters. The Kier molecular flexibility index (Phi) is 6.19. The van der Waals surface area contributed by atoms with Crippen LogP contribution < -0.4 is 5.32 Å². The van der Waals surface area contributed by atoms with Gasteiger partial charge in [-0.3, -0.25) is 14.9 Å². The number of non-ortho nitro benzene ring substituents is 1. The SMILES string of the molecule is CSc1ccc(Cl)c(C(=O)NC[C@H](O)c2ccc([N+](=O)[O-])cc2)c1. The van der Waals surface area contributed by atoms with E-state index in [1.165, 1.54) is 36.0 Å². The van der Waals surface area contributed by atoms with Crippen molar-refractivity contribution in [3.8, 4) is 0 Å². The largest absolute Gasteiger partial charge is 0.387 e. The molecule has 2 N–H and O–H groups in total. The number of nitrogens with zero attached hydrogens (tertiary/aromatic N) is 1. The minimum Gasteiger partial charge on any atom is -0.387 e. The molecule has 0 saturated carbocycles. The van der Waals surface area contributed by atoms with Crippen molar-refractivity contribution in [2.24, 2.45) is 0 Å². The summed E-state index contributed by atoms with van der Waals surface area (Å²) in [6.45, 7) is -0.0313. The van der Waals surface area contributed by atoms with Crippen LogP contribution in [-0.2, 0) is 0 Å². The molecule has 1 amide bonds. The molecule has 2 aromatic carbocycles. The van der Waals surface area contributed by atoms with E-state index >= 15 is 0 Å². The maximum atomic E-state index is 12.2. The Balaban J connectivity index is 2.01. The van der Waals surface area contributed by atoms with Crippen molar-refractivity contribution >= 4 is 35.0 Å². The van der Waals surface area contributed by atoms with Crippen LogP contribution in [0.2, 0.25) is 5.02 Å². The molecule has 0 aromatic heterocycles. The van der Waals surface area contributed by atoms with Crippen molar-refractivity contribution < 1.29 is 14.8 Å². The van der Waals surface area contributed by atoms with Gasteiger partial charge in [-0.1, -0.05) is 11.6 Å². The van der Waals surface area contributed by atoms with Gasteiger partial charge in [0, 0.05) is 23.6 Å². The Bertz CT molecular complexity index is 752. The van der Waals surface area contributed by atoms with Gasteiger partial charge in [-0.15, -0.1) is 11.8 Å². The summed E-state index contributed by atoms with van der Waals surface area (Å²) >= 11 is 7.52. The lowest BCUT2D eigenvalue weighted by atomic mass is 10.1. The maximum absolute atomic E-state index is 12.2. The van der Waals surface area contributed by atoms with E-state index < -0.39 is 16.9 Å². The number of carbonyl (C=O) groups excluding carboxylic acids is 1. The van der Waals surface area contributed by atoms with Crippen LogP contribution in [0.4, 0.5) is 5.69 Å². The van der Waals surface area contributed by atoms with Gasteiger partial charge in [0.1, 0.15) is 0 Å². The minimum absolute atomic E-state index is 0.0313. The molecule has 0 fully saturated rings. The number of aliphatic hydroxyl groups is 1. The first kappa shape index (κ1) is 18.3. The first-order valence-corrected chi connectivity index (χ1v) is 8.57. The molecular formula is C16H15ClN2O4S. The van der Waals surface area contributed by atoms with Gasteiger partial charge in [0.2, 0.25) is 0 Å². The number of carbonyl (C=O) groups is 1. The molecule has 8 heteroatoms. The van der Waals surface area contributed by atoms with E-state index in [2.05, 4.69) is 5.32 Å². The minimum atomic E-state index is -0.975. The summed E-state index contributed by atoms with van der Waals surface area (Å²) in [4.78, 5) is 23.2. The standard InChI is InChI=1S/C16H15ClN2O4S/c1-24-12-6-7-14(17)13(8-12)16(21)18-9-15(20)10-2-4-11(5-3-10)19(22)23/h2-8,15,20H,9H2,1H3,(H,18,21)/t15-/m0/s1. The van der Waals surface area contributed by atoms with Crippen molar-refractivity contribution in [2.75, 3.05) is 12.8 Å². The van der Waals surface area contributed by atoms with E-state index in [1.807, 2.05) is 12.3 Å². The third kappa shape index (κ3) is 4.47. The molecule has 0 heterocycles. The monoisotopic (exact) mass is 366 g/mol. The van der Waals surface area contributed by atoms with Crippen LogP contribution >= 0.6 is 23.4 Å². The second-order valence-corrected chi connectivity index (χ2v) is 6.21. The highest BCUT2D eigenvalue weighted by atomic mass is 35.5. The van der Waals surface area contributed by atoms with Crippen molar-refractivity contribution in [3.63, 3.8) is 0 Å². The van der Waals surface area contributed by atoms with E-state index in [0.717, 1.165) is 4.90 Å². The second kappa shape index (κ2) is 8.14. The zero-order valence-corrected chi connectivity index (χ0v) is 14.3. The van der Waals surface area contributed by atoms with Crippen LogP contribution in [0.5, 0.6) is 0 Å². The summed E-state index contributed by atoms with van der Waals surface area (Å²) < 4.78 is 0. The maximum Gasteiger partial charge on any atom is 0.269 e. The lowest BCUT2D eigenvalue weighted by Crippen LogP contribution is -2.28. The third-order valence-electron chi connectivity index (χ3n) is 3.36. The van der Waals surface area contributed by atoms with Crippen LogP contribution in [0.25, 0.3) is 0 Å². The number of benzene rings is 2. The number of halogens is 1. The highest BCUT2D eigenvalue weighted by molar-refractivity contribution is 7.98. The normalized spacial score (nSPS) is 11.8. The van der Waals surface area contributed by atoms with Crippen LogP contribution in [0.15, 0.2) is 47.4 Å². The second-order valence-electron chi connectivity index (χ2n) is 4.92. The number of amides is 1. The van der Waals surface area contributed by atoms with E-state index in [-0.39, 0.29) is 12.2 Å². The first-order valence-electron chi connectivity index (χ1n) is 6.96. The number of nitrogens with one attached hydrogen (secondary N) is 1. The van der Waals surface area contributed by atoms with Crippen molar-refractivity contribution in [1.29, 1.82) is 0 Å². The molecule has 1 atom stereocenters. The van der Waals surface area contributed by atoms with Crippen molar-refractivity contribution in [2.45, 2.75) is 11.0 Å². The summed E-state index contributed by atoms with van der Waals surface area (Å²) in [5.74, 6) is -0.392. The van der Waals surface area contributed by atoms with Gasteiger partial charge in [-0.2, -0.15) is 0 Å². The van der Waals surface area contributed by atoms with Gasteiger partial charge in [-0.25, -0.2) is 0 Å². The average Bonchev–Trinajstić information content (AvgIpc) is 2.59. The number of rotatable bonds is 6. The topological polar surface area (TPSA) is 92.5 Å². The zero-order valence-electron chi connectivity index (χ0n) is 12.7. The van der Waals surface area contributed by atoms with Crippen LogP contribution in [0, 0.1) is 10.1 Å². The van der Waals surface area contributed by atoms with Crippen LogP contribution in [0.1, 0.15) is 22.0 Å². The van der Waals surface area contributed by atoms with Gasteiger partial charge in [-0.05, 0) is 42.2 Å². The quantitative estimate of drug-likeness (QED) is 0.464. The molecule has 126 valence electrons. The fourth-order valence-electron chi connectivity index (χ4n) is 2.03. The summed E-state index contributed by atoms with van der Waals surface area (Å²) in [5.41, 5.74) is 0.750. The molecule has 2 rings (SSSR count). The molecule has 0 bridgehead atoms. The van der Waals surface area contributed by atoms with E-state index in [1.54, 1.807) is 12.1 Å². The van der Waals surface area contributed by atoms with Gasteiger partial charge in [0.25, 0.3) is 11.6 Å². The summed E-state index contributed by atoms with van der Waals surface area (Å²) in [6.07, 6.45) is 0.917. The molecule has 6 nitrogen and oxygen atoms in total.